The van der Waals surface area contributed by atoms with Crippen LogP contribution in [0, 0.1) is 6.92 Å². The van der Waals surface area contributed by atoms with E-state index >= 15 is 0 Å². The maximum atomic E-state index is 5.86. The number of nitrogens with zero attached hydrogens (tertiary/aromatic N) is 2. The Morgan fingerprint density at radius 1 is 1.21 bits per heavy atom. The van der Waals surface area contributed by atoms with Crippen LogP contribution in [-0.4, -0.2) is 15.2 Å². The van der Waals surface area contributed by atoms with Crippen LogP contribution in [0.2, 0.25) is 0 Å². The fourth-order valence-electron chi connectivity index (χ4n) is 2.29. The SMILES string of the molecule is CCc1n[nH]c2nc(-c3cc(N)ccc3C)ccc12. The molecule has 19 heavy (non-hydrogen) atoms. The number of aromatic nitrogens is 3. The number of aryl methyl sites for hydroxylation is 2. The second kappa shape index (κ2) is 4.39. The average molecular weight is 252 g/mol. The summed E-state index contributed by atoms with van der Waals surface area (Å²) >= 11 is 0. The summed E-state index contributed by atoms with van der Waals surface area (Å²) < 4.78 is 0. The molecule has 0 aliphatic carbocycles. The number of pyridine rings is 1. The summed E-state index contributed by atoms with van der Waals surface area (Å²) in [5.41, 5.74) is 11.6. The Labute approximate surface area is 111 Å². The smallest absolute Gasteiger partial charge is 0.156 e. The number of hydrogen-bond donors (Lipinski definition) is 2. The molecule has 0 saturated heterocycles. The van der Waals surface area contributed by atoms with Crippen LogP contribution in [0.3, 0.4) is 0 Å². The number of nitrogen functional groups attached to an aromatic ring is 1. The van der Waals surface area contributed by atoms with Crippen molar-refractivity contribution in [2.24, 2.45) is 0 Å². The van der Waals surface area contributed by atoms with Gasteiger partial charge in [-0.05, 0) is 43.2 Å². The average Bonchev–Trinajstić information content (AvgIpc) is 2.83. The van der Waals surface area contributed by atoms with Crippen LogP contribution in [0.1, 0.15) is 18.2 Å². The van der Waals surface area contributed by atoms with E-state index in [-0.39, 0.29) is 0 Å². The standard InChI is InChI=1S/C15H16N4/c1-3-13-11-6-7-14(17-15(11)19-18-13)12-8-10(16)5-4-9(12)2/h4-8H,3,16H2,1-2H3,(H,17,18,19). The molecule has 1 aromatic carbocycles. The fourth-order valence-corrected chi connectivity index (χ4v) is 2.29. The van der Waals surface area contributed by atoms with E-state index in [0.29, 0.717) is 0 Å². The molecule has 0 atom stereocenters. The van der Waals surface area contributed by atoms with E-state index in [1.807, 2.05) is 24.3 Å². The van der Waals surface area contributed by atoms with Gasteiger partial charge in [0.15, 0.2) is 5.65 Å². The maximum absolute atomic E-state index is 5.86. The van der Waals surface area contributed by atoms with Crippen molar-refractivity contribution in [1.82, 2.24) is 15.2 Å². The lowest BCUT2D eigenvalue weighted by atomic mass is 10.0. The van der Waals surface area contributed by atoms with E-state index in [0.717, 1.165) is 45.7 Å². The van der Waals surface area contributed by atoms with E-state index in [4.69, 9.17) is 5.73 Å². The van der Waals surface area contributed by atoms with Gasteiger partial charge in [0.25, 0.3) is 0 Å². The monoisotopic (exact) mass is 252 g/mol. The third-order valence-corrected chi connectivity index (χ3v) is 3.38. The molecule has 3 N–H and O–H groups in total. The summed E-state index contributed by atoms with van der Waals surface area (Å²) in [5, 5.41) is 8.36. The van der Waals surface area contributed by atoms with Crippen LogP contribution in [0.5, 0.6) is 0 Å². The molecule has 0 saturated carbocycles. The first-order valence-corrected chi connectivity index (χ1v) is 6.39. The molecule has 0 fully saturated rings. The molecule has 4 nitrogen and oxygen atoms in total. The summed E-state index contributed by atoms with van der Waals surface area (Å²) in [6.45, 7) is 4.15. The number of rotatable bonds is 2. The zero-order valence-corrected chi connectivity index (χ0v) is 11.1. The number of anilines is 1. The molecule has 0 bridgehead atoms. The number of H-pyrrole nitrogens is 1. The number of hydrogen-bond acceptors (Lipinski definition) is 3. The molecule has 0 amide bonds. The number of aromatic amines is 1. The lowest BCUT2D eigenvalue weighted by molar-refractivity contribution is 0.984. The molecule has 4 heteroatoms. The molecule has 3 rings (SSSR count). The molecular weight excluding hydrogens is 236 g/mol. The van der Waals surface area contributed by atoms with Crippen LogP contribution in [-0.2, 0) is 6.42 Å². The second-order valence-corrected chi connectivity index (χ2v) is 4.69. The van der Waals surface area contributed by atoms with Crippen molar-refractivity contribution >= 4 is 16.7 Å². The third-order valence-electron chi connectivity index (χ3n) is 3.38. The minimum atomic E-state index is 0.751. The van der Waals surface area contributed by atoms with Gasteiger partial charge in [0.1, 0.15) is 0 Å². The Balaban J connectivity index is 2.18. The van der Waals surface area contributed by atoms with Gasteiger partial charge in [-0.2, -0.15) is 5.10 Å². The third kappa shape index (κ3) is 1.95. The van der Waals surface area contributed by atoms with Crippen LogP contribution in [0.25, 0.3) is 22.3 Å². The zero-order valence-electron chi connectivity index (χ0n) is 11.1. The minimum Gasteiger partial charge on any atom is -0.399 e. The van der Waals surface area contributed by atoms with E-state index in [9.17, 15) is 0 Å². The van der Waals surface area contributed by atoms with Crippen molar-refractivity contribution in [3.63, 3.8) is 0 Å². The summed E-state index contributed by atoms with van der Waals surface area (Å²) in [4.78, 5) is 4.64. The molecule has 2 aromatic heterocycles. The quantitative estimate of drug-likeness (QED) is 0.689. The predicted octanol–water partition coefficient (Wildman–Crippen LogP) is 3.08. The van der Waals surface area contributed by atoms with Crippen molar-refractivity contribution in [2.75, 3.05) is 5.73 Å². The largest absolute Gasteiger partial charge is 0.399 e. The van der Waals surface area contributed by atoms with E-state index < -0.39 is 0 Å². The molecule has 0 aliphatic rings. The Morgan fingerprint density at radius 2 is 2.05 bits per heavy atom. The van der Waals surface area contributed by atoms with Crippen molar-refractivity contribution in [1.29, 1.82) is 0 Å². The predicted molar refractivity (Wildman–Crippen MR) is 77.9 cm³/mol. The van der Waals surface area contributed by atoms with Crippen molar-refractivity contribution < 1.29 is 0 Å². The van der Waals surface area contributed by atoms with E-state index in [1.54, 1.807) is 0 Å². The maximum Gasteiger partial charge on any atom is 0.156 e. The van der Waals surface area contributed by atoms with Crippen molar-refractivity contribution in [2.45, 2.75) is 20.3 Å². The van der Waals surface area contributed by atoms with Gasteiger partial charge in [-0.25, -0.2) is 4.98 Å². The highest BCUT2D eigenvalue weighted by Crippen LogP contribution is 2.26. The Hall–Kier alpha value is -2.36. The van der Waals surface area contributed by atoms with Gasteiger partial charge in [-0.1, -0.05) is 13.0 Å². The number of fused-ring (bicyclic) bond motifs is 1. The topological polar surface area (TPSA) is 67.6 Å². The Bertz CT molecular complexity index is 743. The van der Waals surface area contributed by atoms with Gasteiger partial charge >= 0.3 is 0 Å². The first-order chi connectivity index (χ1) is 9.19. The van der Waals surface area contributed by atoms with Crippen LogP contribution in [0.4, 0.5) is 5.69 Å². The minimum absolute atomic E-state index is 0.751. The van der Waals surface area contributed by atoms with Gasteiger partial charge in [-0.3, -0.25) is 5.10 Å². The first-order valence-electron chi connectivity index (χ1n) is 6.39. The molecule has 2 heterocycles. The van der Waals surface area contributed by atoms with Gasteiger partial charge < -0.3 is 5.73 Å². The highest BCUT2D eigenvalue weighted by Gasteiger charge is 2.09. The van der Waals surface area contributed by atoms with Crippen LogP contribution >= 0.6 is 0 Å². The molecule has 0 radical (unpaired) electrons. The van der Waals surface area contributed by atoms with E-state index in [1.165, 1.54) is 0 Å². The summed E-state index contributed by atoms with van der Waals surface area (Å²) in [6, 6.07) is 9.98. The normalized spacial score (nSPS) is 11.1. The van der Waals surface area contributed by atoms with Crippen molar-refractivity contribution in [3.8, 4) is 11.3 Å². The molecular formula is C15H16N4. The van der Waals surface area contributed by atoms with Crippen LogP contribution in [0.15, 0.2) is 30.3 Å². The Kier molecular flexibility index (Phi) is 2.71. The lowest BCUT2D eigenvalue weighted by Crippen LogP contribution is -1.91. The molecule has 0 unspecified atom stereocenters. The fraction of sp³-hybridized carbons (Fsp3) is 0.200. The van der Waals surface area contributed by atoms with Gasteiger partial charge in [-0.15, -0.1) is 0 Å². The second-order valence-electron chi connectivity index (χ2n) is 4.69. The summed E-state index contributed by atoms with van der Waals surface area (Å²) in [7, 11) is 0. The summed E-state index contributed by atoms with van der Waals surface area (Å²) in [5.74, 6) is 0. The summed E-state index contributed by atoms with van der Waals surface area (Å²) in [6.07, 6.45) is 0.901. The Morgan fingerprint density at radius 3 is 2.84 bits per heavy atom. The lowest BCUT2D eigenvalue weighted by Gasteiger charge is -2.06. The molecule has 96 valence electrons. The molecule has 0 spiro atoms. The molecule has 0 aliphatic heterocycles. The highest BCUT2D eigenvalue weighted by molar-refractivity contribution is 5.81. The van der Waals surface area contributed by atoms with Gasteiger partial charge in [0.05, 0.1) is 11.4 Å². The first kappa shape index (κ1) is 11.7. The molecule has 3 aromatic rings. The number of benzene rings is 1. The highest BCUT2D eigenvalue weighted by atomic mass is 15.1. The zero-order chi connectivity index (χ0) is 13.4. The number of nitrogens with one attached hydrogen (secondary N) is 1. The number of nitrogens with two attached hydrogens (primary N) is 1. The van der Waals surface area contributed by atoms with Gasteiger partial charge in [0, 0.05) is 16.6 Å². The van der Waals surface area contributed by atoms with Gasteiger partial charge in [0.2, 0.25) is 0 Å². The van der Waals surface area contributed by atoms with E-state index in [2.05, 4.69) is 35.1 Å². The van der Waals surface area contributed by atoms with Crippen LogP contribution < -0.4 is 5.73 Å². The van der Waals surface area contributed by atoms with Crippen molar-refractivity contribution in [3.05, 3.63) is 41.6 Å².